The Kier molecular flexibility index (Phi) is 11.0. The van der Waals surface area contributed by atoms with Crippen LogP contribution in [0.15, 0.2) is 78.9 Å². The average molecular weight is 558 g/mol. The maximum atomic E-state index is 12.9. The molecule has 1 N–H and O–H groups in total. The number of amides is 1. The van der Waals surface area contributed by atoms with Gasteiger partial charge in [0.1, 0.15) is 17.6 Å². The highest BCUT2D eigenvalue weighted by atomic mass is 16.5. The molecule has 0 saturated carbocycles. The van der Waals surface area contributed by atoms with Gasteiger partial charge in [-0.25, -0.2) is 0 Å². The van der Waals surface area contributed by atoms with E-state index in [9.17, 15) is 9.59 Å². The molecule has 1 aliphatic heterocycles. The summed E-state index contributed by atoms with van der Waals surface area (Å²) in [6.45, 7) is 1.35. The van der Waals surface area contributed by atoms with Crippen LogP contribution in [0, 0.1) is 0 Å². The Morgan fingerprint density at radius 1 is 0.902 bits per heavy atom. The molecule has 218 valence electrons. The Morgan fingerprint density at radius 3 is 2.27 bits per heavy atom. The number of nitrogens with one attached hydrogen (secondary N) is 1. The normalized spacial score (nSPS) is 15.5. The fraction of sp³-hybridized carbons (Fsp3) is 0.429. The van der Waals surface area contributed by atoms with E-state index in [2.05, 4.69) is 38.6 Å². The molecule has 0 aliphatic carbocycles. The molecule has 41 heavy (non-hydrogen) atoms. The lowest BCUT2D eigenvalue weighted by Gasteiger charge is -2.33. The molecule has 1 aliphatic rings. The van der Waals surface area contributed by atoms with Crippen molar-refractivity contribution in [2.75, 3.05) is 34.3 Å². The Morgan fingerprint density at radius 2 is 1.56 bits per heavy atom. The van der Waals surface area contributed by atoms with E-state index in [1.165, 1.54) is 5.56 Å². The summed E-state index contributed by atoms with van der Waals surface area (Å²) in [5, 5.41) is 3.17. The minimum atomic E-state index is -0.237. The van der Waals surface area contributed by atoms with Gasteiger partial charge in [-0.05, 0) is 42.2 Å². The zero-order chi connectivity index (χ0) is 29.1. The minimum Gasteiger partial charge on any atom is -0.494 e. The summed E-state index contributed by atoms with van der Waals surface area (Å²) in [4.78, 5) is 25.7. The van der Waals surface area contributed by atoms with Gasteiger partial charge in [-0.2, -0.15) is 0 Å². The summed E-state index contributed by atoms with van der Waals surface area (Å²) in [7, 11) is 6.24. The van der Waals surface area contributed by atoms with Crippen molar-refractivity contribution in [1.29, 1.82) is 0 Å². The van der Waals surface area contributed by atoms with Crippen LogP contribution >= 0.6 is 0 Å². The first-order valence-corrected chi connectivity index (χ1v) is 15.0. The van der Waals surface area contributed by atoms with Gasteiger partial charge in [0.2, 0.25) is 0 Å². The summed E-state index contributed by atoms with van der Waals surface area (Å²) in [5.74, 6) is 1.56. The van der Waals surface area contributed by atoms with E-state index in [0.717, 1.165) is 57.1 Å². The monoisotopic (exact) mass is 557 g/mol. The number of ketones is 1. The third-order valence-corrected chi connectivity index (χ3v) is 7.71. The third kappa shape index (κ3) is 9.19. The molecule has 3 aromatic rings. The van der Waals surface area contributed by atoms with Crippen LogP contribution in [0.1, 0.15) is 72.5 Å². The van der Waals surface area contributed by atoms with Crippen molar-refractivity contribution in [2.24, 2.45) is 0 Å². The summed E-state index contributed by atoms with van der Waals surface area (Å²) in [6.07, 6.45) is 7.29. The van der Waals surface area contributed by atoms with Crippen molar-refractivity contribution in [3.8, 4) is 11.5 Å². The van der Waals surface area contributed by atoms with Gasteiger partial charge in [0.25, 0.3) is 5.91 Å². The number of carbonyl (C=O) groups excluding carboxylic acids is 2. The van der Waals surface area contributed by atoms with Gasteiger partial charge in [0.05, 0.1) is 39.7 Å². The third-order valence-electron chi connectivity index (χ3n) is 7.71. The number of rotatable bonds is 15. The number of unbranched alkanes of at least 4 members (excludes halogenated alkanes) is 5. The van der Waals surface area contributed by atoms with Crippen LogP contribution in [0.5, 0.6) is 11.5 Å². The average Bonchev–Trinajstić information content (AvgIpc) is 2.97. The van der Waals surface area contributed by atoms with Gasteiger partial charge in [0.15, 0.2) is 11.8 Å². The quantitative estimate of drug-likeness (QED) is 0.170. The zero-order valence-corrected chi connectivity index (χ0v) is 24.8. The van der Waals surface area contributed by atoms with Crippen molar-refractivity contribution < 1.29 is 23.5 Å². The van der Waals surface area contributed by atoms with E-state index in [1.54, 1.807) is 0 Å². The lowest BCUT2D eigenvalue weighted by Crippen LogP contribution is -2.55. The zero-order valence-electron chi connectivity index (χ0n) is 24.8. The molecule has 2 unspecified atom stereocenters. The largest absolute Gasteiger partial charge is 0.494 e. The molecular weight excluding hydrogens is 512 g/mol. The van der Waals surface area contributed by atoms with E-state index in [0.29, 0.717) is 34.6 Å². The number of hydrogen-bond acceptors (Lipinski definition) is 4. The van der Waals surface area contributed by atoms with Crippen molar-refractivity contribution in [3.63, 3.8) is 0 Å². The first-order valence-electron chi connectivity index (χ1n) is 15.0. The van der Waals surface area contributed by atoms with Crippen LogP contribution in [0.3, 0.4) is 0 Å². The van der Waals surface area contributed by atoms with Crippen molar-refractivity contribution >= 4 is 11.7 Å². The van der Waals surface area contributed by atoms with Crippen LogP contribution in [0.2, 0.25) is 0 Å². The molecule has 0 aromatic heterocycles. The van der Waals surface area contributed by atoms with Crippen molar-refractivity contribution in [3.05, 3.63) is 95.6 Å². The maximum Gasteiger partial charge on any atom is 0.278 e. The molecule has 0 fully saturated rings. The summed E-state index contributed by atoms with van der Waals surface area (Å²) < 4.78 is 12.6. The van der Waals surface area contributed by atoms with Crippen LogP contribution in [-0.2, 0) is 11.2 Å². The van der Waals surface area contributed by atoms with Crippen LogP contribution < -0.4 is 14.8 Å². The lowest BCUT2D eigenvalue weighted by molar-refractivity contribution is -0.886. The molecule has 0 radical (unpaired) electrons. The number of fused-ring (bicyclic) bond motifs is 1. The number of benzene rings is 3. The van der Waals surface area contributed by atoms with E-state index in [4.69, 9.17) is 9.47 Å². The van der Waals surface area contributed by atoms with E-state index in [1.807, 2.05) is 66.7 Å². The van der Waals surface area contributed by atoms with Gasteiger partial charge in [-0.1, -0.05) is 86.3 Å². The summed E-state index contributed by atoms with van der Waals surface area (Å²) >= 11 is 0. The number of likely N-dealkylation sites (N-methyl/N-ethyl adjacent to an activating group) is 1. The molecule has 0 saturated heterocycles. The first kappa shape index (κ1) is 30.3. The minimum absolute atomic E-state index is 0.0888. The number of ether oxygens (including phenoxy) is 2. The molecule has 1 heterocycles. The molecule has 3 aromatic carbocycles. The van der Waals surface area contributed by atoms with Gasteiger partial charge in [0, 0.05) is 13.0 Å². The van der Waals surface area contributed by atoms with E-state index in [-0.39, 0.29) is 23.8 Å². The number of hydrogen-bond donors (Lipinski definition) is 1. The Hall–Kier alpha value is -3.64. The molecule has 6 heteroatoms. The maximum absolute atomic E-state index is 12.9. The van der Waals surface area contributed by atoms with E-state index >= 15 is 0 Å². The standard InChI is InChI=1S/C35H44N2O4/c1-37(2,3)31(24-27-16-10-8-11-17-27)35(39)36-22-14-6-4-5-7-15-23-40-29-20-21-33-30(25-29)32(38)26-34(41-33)28-18-12-9-13-19-28/h8-13,16-21,25,31,34H,4-7,14-15,22-24,26H2,1-3H3/p+1. The highest BCUT2D eigenvalue weighted by Crippen LogP contribution is 2.36. The second-order valence-corrected chi connectivity index (χ2v) is 11.9. The highest BCUT2D eigenvalue weighted by molar-refractivity contribution is 6.00. The molecule has 1 amide bonds. The number of quaternary nitrogens is 1. The highest BCUT2D eigenvalue weighted by Gasteiger charge is 2.31. The van der Waals surface area contributed by atoms with Gasteiger partial charge >= 0.3 is 0 Å². The van der Waals surface area contributed by atoms with Crippen molar-refractivity contribution in [2.45, 2.75) is 63.5 Å². The predicted molar refractivity (Wildman–Crippen MR) is 163 cm³/mol. The SMILES string of the molecule is C[N+](C)(C)C(Cc1ccccc1)C(=O)NCCCCCCCCOc1ccc2c(c1)C(=O)CC(c1ccccc1)O2. The van der Waals surface area contributed by atoms with Crippen LogP contribution in [-0.4, -0.2) is 56.5 Å². The fourth-order valence-electron chi connectivity index (χ4n) is 5.26. The molecule has 0 spiro atoms. The van der Waals surface area contributed by atoms with E-state index < -0.39 is 0 Å². The second kappa shape index (κ2) is 14.8. The molecule has 4 rings (SSSR count). The number of carbonyl (C=O) groups is 2. The smallest absolute Gasteiger partial charge is 0.278 e. The van der Waals surface area contributed by atoms with Crippen molar-refractivity contribution in [1.82, 2.24) is 5.32 Å². The summed E-state index contributed by atoms with van der Waals surface area (Å²) in [5.41, 5.74) is 2.81. The van der Waals surface area contributed by atoms with Gasteiger partial charge < -0.3 is 19.3 Å². The molecular formula is C35H45N2O4+. The Balaban J connectivity index is 1.08. The van der Waals surface area contributed by atoms with Gasteiger partial charge in [-0.3, -0.25) is 9.59 Å². The molecule has 2 atom stereocenters. The number of nitrogens with zero attached hydrogens (tertiary/aromatic N) is 1. The molecule has 6 nitrogen and oxygen atoms in total. The Bertz CT molecular complexity index is 1250. The van der Waals surface area contributed by atoms with Crippen LogP contribution in [0.25, 0.3) is 0 Å². The topological polar surface area (TPSA) is 64.6 Å². The number of Topliss-reactive ketones (excluding diaryl/α,β-unsaturated/α-hetero) is 1. The fourth-order valence-corrected chi connectivity index (χ4v) is 5.26. The van der Waals surface area contributed by atoms with Crippen LogP contribution in [0.4, 0.5) is 0 Å². The van der Waals surface area contributed by atoms with Gasteiger partial charge in [-0.15, -0.1) is 0 Å². The second-order valence-electron chi connectivity index (χ2n) is 11.9. The summed E-state index contributed by atoms with van der Waals surface area (Å²) in [6, 6.07) is 25.6. The Labute approximate surface area is 245 Å². The first-order chi connectivity index (χ1) is 19.8. The molecule has 0 bridgehead atoms. The predicted octanol–water partition coefficient (Wildman–Crippen LogP) is 6.55. The lowest BCUT2D eigenvalue weighted by atomic mass is 9.96.